The SMILES string of the molecule is COc1ccc(N2CCN(c3ccc(C#Cc4cc5c6c(ccc7c8c(C#Cc9ccc(N%10CCN(c%11ccc(OC)cc%11)CC%10)cc9)cc9c%10c(ccc(c4c67)c%108)C(=O)N(c4c(C(C)C)cccc4C(C)C)C9=O)C(=O)N(c4c(C(C)C)cccc4C(C)C)C5=O)cc3)CC2)cc1. The lowest BCUT2D eigenvalue weighted by molar-refractivity contribution is 0.0877. The Morgan fingerprint density at radius 1 is 0.316 bits per heavy atom. The molecule has 12 nitrogen and oxygen atoms in total. The van der Waals surface area contributed by atoms with E-state index in [0.717, 1.165) is 119 Å². The molecule has 0 atom stereocenters. The summed E-state index contributed by atoms with van der Waals surface area (Å²) in [7, 11) is 3.37. The molecule has 0 N–H and O–H groups in total. The van der Waals surface area contributed by atoms with E-state index in [1.807, 2.05) is 97.1 Å². The molecule has 4 amide bonds. The van der Waals surface area contributed by atoms with E-state index in [0.29, 0.717) is 77.1 Å². The zero-order valence-corrected chi connectivity index (χ0v) is 57.3. The molecule has 4 aliphatic heterocycles. The number of amides is 4. The summed E-state index contributed by atoms with van der Waals surface area (Å²) in [5.41, 5.74) is 13.6. The Bertz CT molecular complexity index is 4810. The third-order valence-corrected chi connectivity index (χ3v) is 20.6. The first-order valence-corrected chi connectivity index (χ1v) is 34.3. The van der Waals surface area contributed by atoms with Gasteiger partial charge in [-0.1, -0.05) is 128 Å². The van der Waals surface area contributed by atoms with Crippen LogP contribution in [0.4, 0.5) is 34.1 Å². The maximum Gasteiger partial charge on any atom is 0.266 e. The number of fused-ring (bicyclic) bond motifs is 2. The summed E-state index contributed by atoms with van der Waals surface area (Å²) in [6.45, 7) is 23.6. The van der Waals surface area contributed by atoms with Crippen LogP contribution in [-0.2, 0) is 0 Å². The molecule has 0 bridgehead atoms. The van der Waals surface area contributed by atoms with Crippen molar-refractivity contribution in [2.75, 3.05) is 96.0 Å². The van der Waals surface area contributed by atoms with Gasteiger partial charge in [-0.25, -0.2) is 9.80 Å². The number of benzene rings is 11. The van der Waals surface area contributed by atoms with Gasteiger partial charge in [0.2, 0.25) is 0 Å². The van der Waals surface area contributed by atoms with Crippen molar-refractivity contribution in [3.8, 4) is 35.2 Å². The van der Waals surface area contributed by atoms with Crippen molar-refractivity contribution < 1.29 is 28.7 Å². The Morgan fingerprint density at radius 3 is 0.888 bits per heavy atom. The number of hydrogen-bond donors (Lipinski definition) is 0. The molecule has 0 saturated carbocycles. The van der Waals surface area contributed by atoms with E-state index in [4.69, 9.17) is 9.47 Å². The Kier molecular flexibility index (Phi) is 16.2. The molecular formula is C86H78N6O6. The summed E-state index contributed by atoms with van der Waals surface area (Å²) >= 11 is 0. The van der Waals surface area contributed by atoms with E-state index in [-0.39, 0.29) is 23.7 Å². The molecule has 2 saturated heterocycles. The van der Waals surface area contributed by atoms with E-state index >= 15 is 19.2 Å². The van der Waals surface area contributed by atoms with Crippen LogP contribution in [0.15, 0.2) is 170 Å². The van der Waals surface area contributed by atoms with Crippen LogP contribution >= 0.6 is 0 Å². The fourth-order valence-electron chi connectivity index (χ4n) is 15.4. The summed E-state index contributed by atoms with van der Waals surface area (Å²) in [5, 5.41) is 5.30. The highest BCUT2D eigenvalue weighted by Gasteiger charge is 2.42. The second kappa shape index (κ2) is 25.2. The molecule has 98 heavy (non-hydrogen) atoms. The van der Waals surface area contributed by atoms with Crippen LogP contribution in [0, 0.1) is 23.7 Å². The van der Waals surface area contributed by atoms with Gasteiger partial charge in [0.15, 0.2) is 0 Å². The van der Waals surface area contributed by atoms with Crippen LogP contribution in [0.5, 0.6) is 11.5 Å². The second-order valence-corrected chi connectivity index (χ2v) is 27.5. The van der Waals surface area contributed by atoms with E-state index in [1.54, 1.807) is 14.2 Å². The number of hydrogen-bond acceptors (Lipinski definition) is 10. The van der Waals surface area contributed by atoms with Gasteiger partial charge >= 0.3 is 0 Å². The lowest BCUT2D eigenvalue weighted by Crippen LogP contribution is -2.46. The first-order valence-electron chi connectivity index (χ1n) is 34.3. The maximum absolute atomic E-state index is 16.0. The van der Waals surface area contributed by atoms with Gasteiger partial charge < -0.3 is 29.1 Å². The Labute approximate surface area is 573 Å². The van der Waals surface area contributed by atoms with Crippen molar-refractivity contribution in [1.29, 1.82) is 0 Å². The molecule has 2 fully saturated rings. The zero-order valence-electron chi connectivity index (χ0n) is 57.3. The number of nitrogens with zero attached hydrogens (tertiary/aromatic N) is 6. The normalized spacial score (nSPS) is 14.9. The molecule has 0 aliphatic carbocycles. The molecule has 0 radical (unpaired) electrons. The van der Waals surface area contributed by atoms with E-state index in [2.05, 4.69) is 171 Å². The molecule has 15 rings (SSSR count). The third-order valence-electron chi connectivity index (χ3n) is 20.6. The largest absolute Gasteiger partial charge is 0.497 e. The predicted octanol–water partition coefficient (Wildman–Crippen LogP) is 17.3. The lowest BCUT2D eigenvalue weighted by Gasteiger charge is -2.37. The van der Waals surface area contributed by atoms with Gasteiger partial charge in [-0.15, -0.1) is 0 Å². The van der Waals surface area contributed by atoms with Crippen molar-refractivity contribution in [1.82, 2.24) is 0 Å². The van der Waals surface area contributed by atoms with E-state index < -0.39 is 23.6 Å². The van der Waals surface area contributed by atoms with Gasteiger partial charge in [0.25, 0.3) is 23.6 Å². The first kappa shape index (κ1) is 63.0. The van der Waals surface area contributed by atoms with Crippen LogP contribution in [0.3, 0.4) is 0 Å². The van der Waals surface area contributed by atoms with Gasteiger partial charge in [0, 0.05) is 141 Å². The minimum atomic E-state index is -0.432. The summed E-state index contributed by atoms with van der Waals surface area (Å²) in [5.74, 6) is 14.3. The maximum atomic E-state index is 16.0. The highest BCUT2D eigenvalue weighted by molar-refractivity contribution is 6.46. The van der Waals surface area contributed by atoms with Crippen LogP contribution in [0.2, 0.25) is 0 Å². The number of rotatable bonds is 12. The molecule has 4 aliphatic rings. The number of ether oxygens (including phenoxy) is 2. The number of carbonyl (C=O) groups excluding carboxylic acids is 4. The van der Waals surface area contributed by atoms with Crippen LogP contribution in [-0.4, -0.2) is 90.2 Å². The van der Waals surface area contributed by atoms with Crippen molar-refractivity contribution in [3.05, 3.63) is 237 Å². The number of piperazine rings is 2. The number of anilines is 6. The van der Waals surface area contributed by atoms with E-state index in [1.165, 1.54) is 21.2 Å². The molecule has 0 aromatic heterocycles. The summed E-state index contributed by atoms with van der Waals surface area (Å²) in [6, 6.07) is 56.7. The number of carbonyl (C=O) groups is 4. The summed E-state index contributed by atoms with van der Waals surface area (Å²) in [6.07, 6.45) is 0. The number of imide groups is 2. The Hall–Kier alpha value is -11.1. The minimum absolute atomic E-state index is 0.00516. The molecule has 12 heteroatoms. The fourth-order valence-corrected chi connectivity index (χ4v) is 15.4. The Morgan fingerprint density at radius 2 is 0.602 bits per heavy atom. The predicted molar refractivity (Wildman–Crippen MR) is 399 cm³/mol. The molecule has 11 aromatic rings. The fraction of sp³-hybridized carbons (Fsp3) is 0.256. The molecule has 0 spiro atoms. The van der Waals surface area contributed by atoms with Gasteiger partial charge in [0.1, 0.15) is 11.5 Å². The highest BCUT2D eigenvalue weighted by atomic mass is 16.5. The molecule has 0 unspecified atom stereocenters. The molecule has 4 heterocycles. The van der Waals surface area contributed by atoms with Gasteiger partial charge in [0.05, 0.1) is 36.7 Å². The highest BCUT2D eigenvalue weighted by Crippen LogP contribution is 2.51. The third kappa shape index (κ3) is 10.7. The number of para-hydroxylation sites is 2. The average molecular weight is 1290 g/mol. The zero-order chi connectivity index (χ0) is 67.9. The van der Waals surface area contributed by atoms with Crippen molar-refractivity contribution in [2.45, 2.75) is 79.1 Å². The molecular weight excluding hydrogens is 1210 g/mol. The number of methoxy groups -OCH3 is 2. The topological polar surface area (TPSA) is 106 Å². The van der Waals surface area contributed by atoms with Gasteiger partial charge in [-0.05, 0) is 178 Å². The smallest absolute Gasteiger partial charge is 0.266 e. The van der Waals surface area contributed by atoms with Crippen LogP contribution in [0.25, 0.3) is 43.1 Å². The van der Waals surface area contributed by atoms with Crippen molar-refractivity contribution >= 4 is 101 Å². The standard InChI is InChI=1S/C86H78N6O6/c1-51(2)65-13-11-14-66(52(3)4)81(65)91-83(93)71-39-37-69-76-58(24-18-56-21-27-60(28-22-56)88-43-47-90(48-44-88)62-31-35-64(98-10)36-32-62)50-74-78-72(84(94)92(86(74)96)82-67(53(5)6)15-12-16-68(82)54(7)8)40-38-70(80(76)78)75-57(49-73(85(91)95)77(71)79(69)75)23-17-55-19-25-59(26-20-55)87-41-45-89(46-42-87)61-29-33-63(97-9)34-30-61/h11-16,19-22,25-40,49-54H,41-48H2,1-10H3. The van der Waals surface area contributed by atoms with Crippen LogP contribution in [0.1, 0.15) is 165 Å². The minimum Gasteiger partial charge on any atom is -0.497 e. The lowest BCUT2D eigenvalue weighted by atomic mass is 9.79. The van der Waals surface area contributed by atoms with Crippen molar-refractivity contribution in [3.63, 3.8) is 0 Å². The quantitative estimate of drug-likeness (QED) is 0.0508. The first-order chi connectivity index (χ1) is 47.5. The average Bonchev–Trinajstić information content (AvgIpc) is 0.679. The molecule has 11 aromatic carbocycles. The summed E-state index contributed by atoms with van der Waals surface area (Å²) in [4.78, 5) is 76.0. The van der Waals surface area contributed by atoms with E-state index in [9.17, 15) is 0 Å². The molecule has 488 valence electrons. The van der Waals surface area contributed by atoms with Crippen molar-refractivity contribution in [2.24, 2.45) is 0 Å². The Balaban J connectivity index is 0.909. The summed E-state index contributed by atoms with van der Waals surface area (Å²) < 4.78 is 10.8. The van der Waals surface area contributed by atoms with Gasteiger partial charge in [-0.2, -0.15) is 0 Å². The van der Waals surface area contributed by atoms with Crippen LogP contribution < -0.4 is 38.9 Å². The second-order valence-electron chi connectivity index (χ2n) is 27.5. The van der Waals surface area contributed by atoms with Gasteiger partial charge in [-0.3, -0.25) is 19.2 Å². The monoisotopic (exact) mass is 1290 g/mol.